The minimum Gasteiger partial charge on any atom is -0.331 e. The molecular weight excluding hydrogens is 340 g/mol. The van der Waals surface area contributed by atoms with Crippen LogP contribution < -0.4 is 0 Å². The predicted molar refractivity (Wildman–Crippen MR) is 93.6 cm³/mol. The molecule has 2 amide bonds. The Balaban J connectivity index is 1.80. The van der Waals surface area contributed by atoms with E-state index in [1.54, 1.807) is 31.1 Å². The Morgan fingerprint density at radius 1 is 1.20 bits per heavy atom. The zero-order valence-corrected chi connectivity index (χ0v) is 15.2. The van der Waals surface area contributed by atoms with E-state index in [2.05, 4.69) is 11.0 Å². The number of hydrogen-bond acceptors (Lipinski definition) is 5. The first kappa shape index (κ1) is 17.7. The monoisotopic (exact) mass is 362 g/mol. The van der Waals surface area contributed by atoms with Crippen molar-refractivity contribution < 1.29 is 13.2 Å². The number of carbonyl (C=O) groups excluding carboxylic acids is 1. The zero-order chi connectivity index (χ0) is 18.2. The van der Waals surface area contributed by atoms with Crippen LogP contribution in [0.1, 0.15) is 11.1 Å². The molecule has 0 saturated carbocycles. The summed E-state index contributed by atoms with van der Waals surface area (Å²) in [4.78, 5) is 17.7. The van der Waals surface area contributed by atoms with Crippen LogP contribution in [0.15, 0.2) is 24.3 Å². The highest BCUT2D eigenvalue weighted by Gasteiger charge is 2.48. The maximum Gasteiger partial charge on any atom is 0.319 e. The molecule has 0 aliphatic carbocycles. The van der Waals surface area contributed by atoms with Gasteiger partial charge in [-0.3, -0.25) is 4.90 Å². The molecule has 2 fully saturated rings. The summed E-state index contributed by atoms with van der Waals surface area (Å²) in [6.45, 7) is 1.77. The van der Waals surface area contributed by atoms with Gasteiger partial charge in [0.1, 0.15) is 0 Å². The molecule has 7 nitrogen and oxygen atoms in total. The van der Waals surface area contributed by atoms with E-state index in [-0.39, 0.29) is 29.6 Å². The Bertz CT molecular complexity index is 798. The van der Waals surface area contributed by atoms with Gasteiger partial charge >= 0.3 is 6.03 Å². The van der Waals surface area contributed by atoms with Crippen LogP contribution in [0.3, 0.4) is 0 Å². The standard InChI is InChI=1S/C17H22N4O3S/c1-19(2)17(22)21-8-7-20(15-11-25(23,24)12-16(15)21)10-14-5-3-13(9-18)4-6-14/h3-6,15-16H,7-8,10-12H2,1-2H3/t15-,16+/m0/s1. The third-order valence-corrected chi connectivity index (χ3v) is 6.59. The first-order valence-electron chi connectivity index (χ1n) is 8.22. The molecule has 0 spiro atoms. The van der Waals surface area contributed by atoms with Gasteiger partial charge in [-0.05, 0) is 17.7 Å². The highest BCUT2D eigenvalue weighted by molar-refractivity contribution is 7.91. The number of sulfone groups is 1. The number of nitriles is 1. The van der Waals surface area contributed by atoms with Crippen molar-refractivity contribution in [1.82, 2.24) is 14.7 Å². The highest BCUT2D eigenvalue weighted by Crippen LogP contribution is 2.28. The maximum absolute atomic E-state index is 12.4. The molecule has 2 atom stereocenters. The van der Waals surface area contributed by atoms with Gasteiger partial charge in [0.05, 0.1) is 29.2 Å². The van der Waals surface area contributed by atoms with Gasteiger partial charge in [0.25, 0.3) is 0 Å². The van der Waals surface area contributed by atoms with Crippen LogP contribution >= 0.6 is 0 Å². The largest absolute Gasteiger partial charge is 0.331 e. The fourth-order valence-corrected chi connectivity index (χ4v) is 5.65. The Morgan fingerprint density at radius 2 is 1.84 bits per heavy atom. The lowest BCUT2D eigenvalue weighted by molar-refractivity contribution is 0.0521. The van der Waals surface area contributed by atoms with Crippen LogP contribution in [0.2, 0.25) is 0 Å². The van der Waals surface area contributed by atoms with Gasteiger partial charge in [0.15, 0.2) is 9.84 Å². The SMILES string of the molecule is CN(C)C(=O)N1CCN(Cc2ccc(C#N)cc2)[C@H]2CS(=O)(=O)C[C@H]21. The molecule has 0 unspecified atom stereocenters. The second-order valence-corrected chi connectivity index (χ2v) is 9.02. The fraction of sp³-hybridized carbons (Fsp3) is 0.529. The molecule has 2 saturated heterocycles. The van der Waals surface area contributed by atoms with Crippen molar-refractivity contribution in [2.45, 2.75) is 18.6 Å². The quantitative estimate of drug-likeness (QED) is 0.766. The molecule has 0 bridgehead atoms. The third-order valence-electron chi connectivity index (χ3n) is 4.89. The second-order valence-electron chi connectivity index (χ2n) is 6.86. The lowest BCUT2D eigenvalue weighted by Gasteiger charge is -2.44. The molecule has 2 aliphatic heterocycles. The van der Waals surface area contributed by atoms with Gasteiger partial charge in [-0.2, -0.15) is 5.26 Å². The Labute approximate surface area is 148 Å². The topological polar surface area (TPSA) is 84.7 Å². The predicted octanol–water partition coefficient (Wildman–Crippen LogP) is 0.523. The molecule has 0 radical (unpaired) electrons. The molecule has 134 valence electrons. The summed E-state index contributed by atoms with van der Waals surface area (Å²) >= 11 is 0. The van der Waals surface area contributed by atoms with Crippen molar-refractivity contribution in [3.05, 3.63) is 35.4 Å². The zero-order valence-electron chi connectivity index (χ0n) is 14.4. The Kier molecular flexibility index (Phi) is 4.71. The van der Waals surface area contributed by atoms with Gasteiger partial charge in [-0.1, -0.05) is 12.1 Å². The summed E-state index contributed by atoms with van der Waals surface area (Å²) < 4.78 is 24.4. The summed E-state index contributed by atoms with van der Waals surface area (Å²) in [5, 5.41) is 8.89. The number of benzene rings is 1. The minimum atomic E-state index is -3.15. The van der Waals surface area contributed by atoms with Crippen LogP contribution in [0.5, 0.6) is 0 Å². The molecule has 0 aromatic heterocycles. The lowest BCUT2D eigenvalue weighted by atomic mass is 10.0. The maximum atomic E-state index is 12.4. The number of rotatable bonds is 2. The van der Waals surface area contributed by atoms with E-state index >= 15 is 0 Å². The van der Waals surface area contributed by atoms with Gasteiger partial charge in [0, 0.05) is 39.8 Å². The highest BCUT2D eigenvalue weighted by atomic mass is 32.2. The molecular formula is C17H22N4O3S. The number of nitrogens with zero attached hydrogens (tertiary/aromatic N) is 4. The first-order chi connectivity index (χ1) is 11.8. The van der Waals surface area contributed by atoms with E-state index in [4.69, 9.17) is 5.26 Å². The van der Waals surface area contributed by atoms with Crippen LogP contribution in [0, 0.1) is 11.3 Å². The molecule has 8 heteroatoms. The van der Waals surface area contributed by atoms with Crippen molar-refractivity contribution >= 4 is 15.9 Å². The van der Waals surface area contributed by atoms with Crippen LogP contribution in [-0.2, 0) is 16.4 Å². The van der Waals surface area contributed by atoms with E-state index in [1.807, 2.05) is 12.1 Å². The average Bonchev–Trinajstić information content (AvgIpc) is 2.90. The molecule has 3 rings (SSSR count). The normalized spacial score (nSPS) is 25.2. The smallest absolute Gasteiger partial charge is 0.319 e. The van der Waals surface area contributed by atoms with E-state index in [1.165, 1.54) is 4.90 Å². The van der Waals surface area contributed by atoms with Crippen molar-refractivity contribution in [3.8, 4) is 6.07 Å². The average molecular weight is 362 g/mol. The number of amides is 2. The molecule has 25 heavy (non-hydrogen) atoms. The molecule has 2 aliphatic rings. The van der Waals surface area contributed by atoms with E-state index in [0.717, 1.165) is 5.56 Å². The molecule has 2 heterocycles. The molecule has 0 N–H and O–H groups in total. The minimum absolute atomic E-state index is 0.0289. The van der Waals surface area contributed by atoms with Gasteiger partial charge in [0.2, 0.25) is 0 Å². The summed E-state index contributed by atoms with van der Waals surface area (Å²) in [6.07, 6.45) is 0. The lowest BCUT2D eigenvalue weighted by Crippen LogP contribution is -2.61. The number of hydrogen-bond donors (Lipinski definition) is 0. The van der Waals surface area contributed by atoms with Crippen molar-refractivity contribution in [3.63, 3.8) is 0 Å². The van der Waals surface area contributed by atoms with Crippen LogP contribution in [0.25, 0.3) is 0 Å². The summed E-state index contributed by atoms with van der Waals surface area (Å²) in [6, 6.07) is 8.81. The fourth-order valence-electron chi connectivity index (χ4n) is 3.63. The van der Waals surface area contributed by atoms with Gasteiger partial charge < -0.3 is 9.80 Å². The first-order valence-corrected chi connectivity index (χ1v) is 10.0. The van der Waals surface area contributed by atoms with Crippen molar-refractivity contribution in [2.75, 3.05) is 38.7 Å². The summed E-state index contributed by atoms with van der Waals surface area (Å²) in [5.74, 6) is 0.117. The van der Waals surface area contributed by atoms with E-state index in [9.17, 15) is 13.2 Å². The van der Waals surface area contributed by atoms with Crippen LogP contribution in [-0.4, -0.2) is 79.9 Å². The molecule has 1 aromatic carbocycles. The third kappa shape index (κ3) is 3.62. The number of piperazine rings is 1. The Hall–Kier alpha value is -2.11. The van der Waals surface area contributed by atoms with E-state index in [0.29, 0.717) is 25.2 Å². The summed E-state index contributed by atoms with van der Waals surface area (Å²) in [7, 11) is 0.215. The van der Waals surface area contributed by atoms with E-state index < -0.39 is 9.84 Å². The van der Waals surface area contributed by atoms with Crippen LogP contribution in [0.4, 0.5) is 4.79 Å². The van der Waals surface area contributed by atoms with Crippen molar-refractivity contribution in [2.24, 2.45) is 0 Å². The number of carbonyl (C=O) groups is 1. The molecule has 1 aromatic rings. The van der Waals surface area contributed by atoms with Crippen molar-refractivity contribution in [1.29, 1.82) is 5.26 Å². The number of urea groups is 1. The Morgan fingerprint density at radius 3 is 2.44 bits per heavy atom. The van der Waals surface area contributed by atoms with Gasteiger partial charge in [-0.25, -0.2) is 13.2 Å². The summed E-state index contributed by atoms with van der Waals surface area (Å²) in [5.41, 5.74) is 1.64. The van der Waals surface area contributed by atoms with Gasteiger partial charge in [-0.15, -0.1) is 0 Å². The second kappa shape index (κ2) is 6.65. The number of fused-ring (bicyclic) bond motifs is 1.